The van der Waals surface area contributed by atoms with Crippen LogP contribution in [0.1, 0.15) is 26.7 Å². The van der Waals surface area contributed by atoms with Crippen LogP contribution < -0.4 is 11.1 Å². The van der Waals surface area contributed by atoms with E-state index in [0.717, 1.165) is 6.42 Å². The van der Waals surface area contributed by atoms with Gasteiger partial charge in [0.1, 0.15) is 0 Å². The van der Waals surface area contributed by atoms with E-state index in [4.69, 9.17) is 5.73 Å². The zero-order chi connectivity index (χ0) is 14.5. The summed E-state index contributed by atoms with van der Waals surface area (Å²) in [6, 6.07) is 6.35. The Kier molecular flexibility index (Phi) is 8.08. The second kappa shape index (κ2) is 8.44. The number of carbonyl (C=O) groups excluding carboxylic acids is 1. The van der Waals surface area contributed by atoms with E-state index in [1.54, 1.807) is 25.1 Å². The summed E-state index contributed by atoms with van der Waals surface area (Å²) < 4.78 is 24.5. The summed E-state index contributed by atoms with van der Waals surface area (Å²) in [5.41, 5.74) is 5.42. The Morgan fingerprint density at radius 2 is 2.15 bits per heavy atom. The van der Waals surface area contributed by atoms with Crippen LogP contribution in [0.25, 0.3) is 0 Å². The Labute approximate surface area is 128 Å². The van der Waals surface area contributed by atoms with Crippen LogP contribution in [0.15, 0.2) is 29.2 Å². The molecule has 0 saturated carbocycles. The lowest BCUT2D eigenvalue weighted by atomic mass is 9.96. The highest BCUT2D eigenvalue weighted by atomic mass is 35.5. The van der Waals surface area contributed by atoms with E-state index in [-0.39, 0.29) is 18.3 Å². The fourth-order valence-electron chi connectivity index (χ4n) is 1.66. The third-order valence-corrected chi connectivity index (χ3v) is 3.31. The first-order chi connectivity index (χ1) is 8.85. The summed E-state index contributed by atoms with van der Waals surface area (Å²) in [4.78, 5) is 12.4. The van der Waals surface area contributed by atoms with Crippen LogP contribution in [0.3, 0.4) is 0 Å². The first-order valence-electron chi connectivity index (χ1n) is 6.00. The molecule has 1 aromatic carbocycles. The third-order valence-electron chi connectivity index (χ3n) is 2.61. The third kappa shape index (κ3) is 6.07. The topological polar surface area (TPSA) is 55.1 Å². The molecule has 0 saturated heterocycles. The minimum Gasteiger partial charge on any atom is -0.324 e. The molecule has 1 atom stereocenters. The molecule has 1 amide bonds. The first kappa shape index (κ1) is 19.1. The maximum Gasteiger partial charge on any atom is 0.288 e. The summed E-state index contributed by atoms with van der Waals surface area (Å²) >= 11 is 0.442. The molecule has 3 nitrogen and oxygen atoms in total. The number of rotatable bonds is 6. The zero-order valence-corrected chi connectivity index (χ0v) is 13.0. The van der Waals surface area contributed by atoms with Crippen molar-refractivity contribution in [2.75, 3.05) is 5.32 Å². The van der Waals surface area contributed by atoms with Crippen LogP contribution in [-0.2, 0) is 4.79 Å². The molecule has 0 heterocycles. The number of anilines is 1. The lowest BCUT2D eigenvalue weighted by molar-refractivity contribution is -0.120. The van der Waals surface area contributed by atoms with Gasteiger partial charge < -0.3 is 11.1 Å². The number of nitrogens with one attached hydrogen (secondary N) is 1. The van der Waals surface area contributed by atoms with Gasteiger partial charge in [0.25, 0.3) is 5.76 Å². The Bertz CT molecular complexity index is 444. The number of benzene rings is 1. The molecule has 20 heavy (non-hydrogen) atoms. The van der Waals surface area contributed by atoms with Gasteiger partial charge >= 0.3 is 0 Å². The van der Waals surface area contributed by atoms with E-state index < -0.39 is 11.3 Å². The molecular weight excluding hydrogens is 306 g/mol. The fourth-order valence-corrected chi connectivity index (χ4v) is 2.21. The fraction of sp³-hybridized carbons (Fsp3) is 0.462. The van der Waals surface area contributed by atoms with Gasteiger partial charge in [-0.3, -0.25) is 4.79 Å². The quantitative estimate of drug-likeness (QED) is 0.781. The lowest BCUT2D eigenvalue weighted by Gasteiger charge is -2.22. The Balaban J connectivity index is 0.00000361. The number of alkyl halides is 2. The molecule has 0 bridgehead atoms. The Morgan fingerprint density at radius 3 is 2.70 bits per heavy atom. The number of halogens is 3. The van der Waals surface area contributed by atoms with E-state index in [9.17, 15) is 13.6 Å². The van der Waals surface area contributed by atoms with Crippen molar-refractivity contribution in [1.29, 1.82) is 0 Å². The van der Waals surface area contributed by atoms with E-state index in [2.05, 4.69) is 5.32 Å². The van der Waals surface area contributed by atoms with Crippen molar-refractivity contribution in [3.63, 3.8) is 0 Å². The van der Waals surface area contributed by atoms with Gasteiger partial charge in [-0.2, -0.15) is 8.78 Å². The number of carbonyl (C=O) groups is 1. The number of hydrogen-bond donors (Lipinski definition) is 2. The van der Waals surface area contributed by atoms with E-state index in [0.29, 0.717) is 28.8 Å². The van der Waals surface area contributed by atoms with Gasteiger partial charge in [-0.15, -0.1) is 12.4 Å². The highest BCUT2D eigenvalue weighted by Gasteiger charge is 2.27. The van der Waals surface area contributed by atoms with Gasteiger partial charge in [-0.05, 0) is 31.5 Å². The van der Waals surface area contributed by atoms with Crippen LogP contribution in [0, 0.1) is 0 Å². The van der Waals surface area contributed by atoms with E-state index in [1.165, 1.54) is 6.07 Å². The minimum absolute atomic E-state index is 0. The number of amides is 1. The van der Waals surface area contributed by atoms with Gasteiger partial charge in [0, 0.05) is 10.6 Å². The smallest absolute Gasteiger partial charge is 0.288 e. The zero-order valence-electron chi connectivity index (χ0n) is 11.4. The second-order valence-electron chi connectivity index (χ2n) is 4.53. The molecule has 1 aromatic rings. The Morgan fingerprint density at radius 1 is 1.50 bits per heavy atom. The number of nitrogens with two attached hydrogens (primary N) is 1. The van der Waals surface area contributed by atoms with Crippen LogP contribution >= 0.6 is 24.2 Å². The molecule has 1 unspecified atom stereocenters. The van der Waals surface area contributed by atoms with Crippen molar-refractivity contribution >= 4 is 35.8 Å². The molecule has 0 spiro atoms. The van der Waals surface area contributed by atoms with Gasteiger partial charge in [-0.1, -0.05) is 31.2 Å². The Hall–Kier alpha value is -0.850. The van der Waals surface area contributed by atoms with Crippen LogP contribution in [0.4, 0.5) is 14.5 Å². The van der Waals surface area contributed by atoms with Crippen molar-refractivity contribution < 1.29 is 13.6 Å². The predicted octanol–water partition coefficient (Wildman–Crippen LogP) is 3.88. The largest absolute Gasteiger partial charge is 0.324 e. The molecule has 0 fully saturated rings. The summed E-state index contributed by atoms with van der Waals surface area (Å²) in [6.07, 6.45) is 1.35. The molecule has 1 rings (SSSR count). The number of hydrogen-bond acceptors (Lipinski definition) is 3. The average molecular weight is 325 g/mol. The summed E-state index contributed by atoms with van der Waals surface area (Å²) in [7, 11) is 0. The summed E-state index contributed by atoms with van der Waals surface area (Å²) in [6.45, 7) is 3.60. The van der Waals surface area contributed by atoms with Crippen LogP contribution in [0.5, 0.6) is 0 Å². The summed E-state index contributed by atoms with van der Waals surface area (Å²) in [5, 5.41) is 2.66. The SMILES string of the molecule is CCCC(C)(N)C(=O)Nc1cccc(SC(F)F)c1.Cl. The van der Waals surface area contributed by atoms with Crippen molar-refractivity contribution in [3.8, 4) is 0 Å². The molecule has 0 aliphatic carbocycles. The van der Waals surface area contributed by atoms with Crippen molar-refractivity contribution in [2.24, 2.45) is 5.73 Å². The molecule has 114 valence electrons. The van der Waals surface area contributed by atoms with E-state index in [1.807, 2.05) is 6.92 Å². The second-order valence-corrected chi connectivity index (χ2v) is 5.59. The average Bonchev–Trinajstić information content (AvgIpc) is 2.28. The number of thioether (sulfide) groups is 1. The van der Waals surface area contributed by atoms with Crippen LogP contribution in [-0.4, -0.2) is 17.2 Å². The van der Waals surface area contributed by atoms with Gasteiger partial charge in [-0.25, -0.2) is 0 Å². The van der Waals surface area contributed by atoms with Crippen molar-refractivity contribution in [2.45, 2.75) is 42.9 Å². The van der Waals surface area contributed by atoms with E-state index >= 15 is 0 Å². The molecule has 0 aromatic heterocycles. The highest BCUT2D eigenvalue weighted by molar-refractivity contribution is 7.99. The minimum atomic E-state index is -2.48. The predicted molar refractivity (Wildman–Crippen MR) is 81.7 cm³/mol. The highest BCUT2D eigenvalue weighted by Crippen LogP contribution is 2.27. The maximum absolute atomic E-state index is 12.3. The normalized spacial score (nSPS) is 13.5. The standard InChI is InChI=1S/C13H18F2N2OS.ClH/c1-3-7-13(2,16)11(18)17-9-5-4-6-10(8-9)19-12(14)15;/h4-6,8,12H,3,7,16H2,1-2H3,(H,17,18);1H. The monoisotopic (exact) mass is 324 g/mol. The molecule has 0 aliphatic rings. The first-order valence-corrected chi connectivity index (χ1v) is 6.88. The lowest BCUT2D eigenvalue weighted by Crippen LogP contribution is -2.48. The van der Waals surface area contributed by atoms with Gasteiger partial charge in [0.2, 0.25) is 5.91 Å². The molecule has 0 aliphatic heterocycles. The molecular formula is C13H19ClF2N2OS. The van der Waals surface area contributed by atoms with Gasteiger partial charge in [0.15, 0.2) is 0 Å². The summed E-state index contributed by atoms with van der Waals surface area (Å²) in [5.74, 6) is -2.79. The van der Waals surface area contributed by atoms with Gasteiger partial charge in [0.05, 0.1) is 5.54 Å². The molecule has 7 heteroatoms. The van der Waals surface area contributed by atoms with Crippen molar-refractivity contribution in [1.82, 2.24) is 0 Å². The maximum atomic E-state index is 12.3. The molecule has 3 N–H and O–H groups in total. The van der Waals surface area contributed by atoms with Crippen LogP contribution in [0.2, 0.25) is 0 Å². The molecule has 0 radical (unpaired) electrons. The van der Waals surface area contributed by atoms with Crippen molar-refractivity contribution in [3.05, 3.63) is 24.3 Å².